The van der Waals surface area contributed by atoms with Gasteiger partial charge in [0.05, 0.1) is 23.3 Å². The van der Waals surface area contributed by atoms with Crippen LogP contribution in [0.1, 0.15) is 11.1 Å². The number of aliphatic carboxylic acids is 2. The van der Waals surface area contributed by atoms with E-state index in [4.69, 9.17) is 30.3 Å². The molecule has 0 aliphatic carbocycles. The summed E-state index contributed by atoms with van der Waals surface area (Å²) >= 11 is 0. The summed E-state index contributed by atoms with van der Waals surface area (Å²) in [5, 5.41) is 31.5. The fourth-order valence-electron chi connectivity index (χ4n) is 0.619. The third-order valence-electron chi connectivity index (χ3n) is 1.33. The first-order valence-corrected chi connectivity index (χ1v) is 3.87. The van der Waals surface area contributed by atoms with Crippen molar-refractivity contribution in [2.45, 2.75) is 0 Å². The molecule has 0 saturated carbocycles. The highest BCUT2D eigenvalue weighted by molar-refractivity contribution is 6.27. The zero-order valence-electron chi connectivity index (χ0n) is 7.91. The molecule has 1 aromatic rings. The molecule has 0 aliphatic rings. The van der Waals surface area contributed by atoms with Crippen molar-refractivity contribution in [3.63, 3.8) is 0 Å². The van der Waals surface area contributed by atoms with Gasteiger partial charge in [0.15, 0.2) is 0 Å². The highest BCUT2D eigenvalue weighted by atomic mass is 16.4. The van der Waals surface area contributed by atoms with Crippen LogP contribution in [0.2, 0.25) is 0 Å². The number of nitrogens with zero attached hydrogens (tertiary/aromatic N) is 2. The molecule has 0 radical (unpaired) electrons. The minimum atomic E-state index is -1.82. The summed E-state index contributed by atoms with van der Waals surface area (Å²) < 4.78 is 0. The fraction of sp³-hybridized carbons (Fsp3) is 0. The molecule has 0 spiro atoms. The monoisotopic (exact) mass is 218 g/mol. The van der Waals surface area contributed by atoms with Crippen LogP contribution in [0, 0.1) is 22.7 Å². The van der Waals surface area contributed by atoms with E-state index in [0.29, 0.717) is 11.1 Å². The maximum absolute atomic E-state index is 9.10. The average Bonchev–Trinajstić information content (AvgIpc) is 2.30. The largest absolute Gasteiger partial charge is 0.473 e. The van der Waals surface area contributed by atoms with E-state index in [2.05, 4.69) is 0 Å². The molecule has 2 N–H and O–H groups in total. The van der Waals surface area contributed by atoms with Crippen LogP contribution < -0.4 is 0 Å². The van der Waals surface area contributed by atoms with E-state index >= 15 is 0 Å². The van der Waals surface area contributed by atoms with E-state index < -0.39 is 11.9 Å². The summed E-state index contributed by atoms with van der Waals surface area (Å²) in [5.74, 6) is -3.65. The van der Waals surface area contributed by atoms with Crippen molar-refractivity contribution in [2.24, 2.45) is 0 Å². The van der Waals surface area contributed by atoms with Gasteiger partial charge in [-0.25, -0.2) is 9.59 Å². The molecule has 0 fully saturated rings. The summed E-state index contributed by atoms with van der Waals surface area (Å²) in [6.45, 7) is 0. The molecule has 0 atom stereocenters. The number of rotatable bonds is 0. The SMILES string of the molecule is N#Cc1ccc(C#N)cc1.O=C(O)C(=O)O. The lowest BCUT2D eigenvalue weighted by Crippen LogP contribution is -2.09. The number of hydrogen-bond donors (Lipinski definition) is 2. The summed E-state index contributed by atoms with van der Waals surface area (Å²) in [4.78, 5) is 18.2. The molecule has 80 valence electrons. The number of benzene rings is 1. The number of hydrogen-bond acceptors (Lipinski definition) is 4. The predicted molar refractivity (Wildman–Crippen MR) is 51.1 cm³/mol. The van der Waals surface area contributed by atoms with Crippen LogP contribution in [0.4, 0.5) is 0 Å². The zero-order valence-corrected chi connectivity index (χ0v) is 7.91. The number of carbonyl (C=O) groups is 2. The molecular weight excluding hydrogens is 212 g/mol. The second-order valence-electron chi connectivity index (χ2n) is 2.41. The lowest BCUT2D eigenvalue weighted by Gasteiger charge is -1.85. The number of nitriles is 2. The van der Waals surface area contributed by atoms with Crippen LogP contribution >= 0.6 is 0 Å². The van der Waals surface area contributed by atoms with Crippen LogP contribution in [0.25, 0.3) is 0 Å². The topological polar surface area (TPSA) is 122 Å². The first kappa shape index (κ1) is 13.1. The van der Waals surface area contributed by atoms with Gasteiger partial charge >= 0.3 is 11.9 Å². The van der Waals surface area contributed by atoms with E-state index in [1.54, 1.807) is 24.3 Å². The molecule has 0 saturated heterocycles. The molecule has 6 heteroatoms. The van der Waals surface area contributed by atoms with Gasteiger partial charge in [-0.15, -0.1) is 0 Å². The van der Waals surface area contributed by atoms with Crippen molar-refractivity contribution in [2.75, 3.05) is 0 Å². The Morgan fingerprint density at radius 2 is 1.12 bits per heavy atom. The lowest BCUT2D eigenvalue weighted by molar-refractivity contribution is -0.159. The molecule has 0 aliphatic heterocycles. The number of carboxylic acid groups (broad SMARTS) is 2. The highest BCUT2D eigenvalue weighted by Crippen LogP contribution is 2.00. The Balaban J connectivity index is 0.000000325. The van der Waals surface area contributed by atoms with Gasteiger partial charge in [0.2, 0.25) is 0 Å². The van der Waals surface area contributed by atoms with Crippen LogP contribution in [0.15, 0.2) is 24.3 Å². The Labute approximate surface area is 90.6 Å². The smallest absolute Gasteiger partial charge is 0.414 e. The summed E-state index contributed by atoms with van der Waals surface area (Å²) in [7, 11) is 0. The zero-order chi connectivity index (χ0) is 12.6. The quantitative estimate of drug-likeness (QED) is 0.614. The standard InChI is InChI=1S/C8H4N2.C2H2O4/c9-5-7-1-2-8(6-10)4-3-7;3-1(4)2(5)6/h1-4H;(H,3,4)(H,5,6). The van der Waals surface area contributed by atoms with Crippen molar-refractivity contribution in [3.8, 4) is 12.1 Å². The summed E-state index contributed by atoms with van der Waals surface area (Å²) in [6, 6.07) is 10.4. The van der Waals surface area contributed by atoms with Gasteiger partial charge in [-0.2, -0.15) is 10.5 Å². The average molecular weight is 218 g/mol. The van der Waals surface area contributed by atoms with Crippen molar-refractivity contribution in [3.05, 3.63) is 35.4 Å². The van der Waals surface area contributed by atoms with E-state index in [0.717, 1.165) is 0 Å². The van der Waals surface area contributed by atoms with E-state index in [1.165, 1.54) is 0 Å². The third kappa shape index (κ3) is 5.00. The Morgan fingerprint density at radius 3 is 1.25 bits per heavy atom. The van der Waals surface area contributed by atoms with Crippen LogP contribution in [0.5, 0.6) is 0 Å². The van der Waals surface area contributed by atoms with Gasteiger partial charge in [-0.1, -0.05) is 0 Å². The molecule has 16 heavy (non-hydrogen) atoms. The van der Waals surface area contributed by atoms with Crippen LogP contribution in [0.3, 0.4) is 0 Å². The maximum atomic E-state index is 9.10. The van der Waals surface area contributed by atoms with Gasteiger partial charge in [0, 0.05) is 0 Å². The third-order valence-corrected chi connectivity index (χ3v) is 1.33. The van der Waals surface area contributed by atoms with Gasteiger partial charge < -0.3 is 10.2 Å². The van der Waals surface area contributed by atoms with Crippen molar-refractivity contribution >= 4 is 11.9 Å². The minimum absolute atomic E-state index is 0.582. The molecule has 0 unspecified atom stereocenters. The normalized spacial score (nSPS) is 7.62. The van der Waals surface area contributed by atoms with Crippen LogP contribution in [-0.4, -0.2) is 22.2 Å². The van der Waals surface area contributed by atoms with Gasteiger partial charge in [-0.05, 0) is 24.3 Å². The Morgan fingerprint density at radius 1 is 0.875 bits per heavy atom. The first-order chi connectivity index (χ1) is 7.51. The Hall–Kier alpha value is -2.86. The first-order valence-electron chi connectivity index (χ1n) is 3.87. The fourth-order valence-corrected chi connectivity index (χ4v) is 0.619. The van der Waals surface area contributed by atoms with Gasteiger partial charge in [0.1, 0.15) is 0 Å². The maximum Gasteiger partial charge on any atom is 0.414 e. The molecule has 1 aromatic carbocycles. The van der Waals surface area contributed by atoms with Crippen molar-refractivity contribution in [1.82, 2.24) is 0 Å². The van der Waals surface area contributed by atoms with Gasteiger partial charge in [0.25, 0.3) is 0 Å². The summed E-state index contributed by atoms with van der Waals surface area (Å²) in [6.07, 6.45) is 0. The molecule has 6 nitrogen and oxygen atoms in total. The van der Waals surface area contributed by atoms with Gasteiger partial charge in [-0.3, -0.25) is 0 Å². The van der Waals surface area contributed by atoms with E-state index in [9.17, 15) is 0 Å². The lowest BCUT2D eigenvalue weighted by atomic mass is 10.2. The second-order valence-corrected chi connectivity index (χ2v) is 2.41. The Kier molecular flexibility index (Phi) is 5.40. The second kappa shape index (κ2) is 6.57. The molecule has 0 aromatic heterocycles. The Bertz CT molecular complexity index is 420. The van der Waals surface area contributed by atoms with Crippen molar-refractivity contribution in [1.29, 1.82) is 10.5 Å². The van der Waals surface area contributed by atoms with Crippen LogP contribution in [-0.2, 0) is 9.59 Å². The molecular formula is C10H6N2O4. The molecule has 1 rings (SSSR count). The molecule has 0 amide bonds. The predicted octanol–water partition coefficient (Wildman–Crippen LogP) is 0.586. The molecule has 0 bridgehead atoms. The van der Waals surface area contributed by atoms with E-state index in [1.807, 2.05) is 12.1 Å². The highest BCUT2D eigenvalue weighted by Gasteiger charge is 2.04. The van der Waals surface area contributed by atoms with Crippen molar-refractivity contribution < 1.29 is 19.8 Å². The summed E-state index contributed by atoms with van der Waals surface area (Å²) in [5.41, 5.74) is 1.16. The van der Waals surface area contributed by atoms with E-state index in [-0.39, 0.29) is 0 Å². The number of carboxylic acids is 2. The molecule has 0 heterocycles. The minimum Gasteiger partial charge on any atom is -0.473 e.